The average Bonchev–Trinajstić information content (AvgIpc) is 2.30. The van der Waals surface area contributed by atoms with E-state index in [0.29, 0.717) is 5.92 Å². The topological polar surface area (TPSA) is 29.1 Å². The van der Waals surface area contributed by atoms with Gasteiger partial charge in [-0.05, 0) is 29.7 Å². The molecule has 1 N–H and O–H groups in total. The van der Waals surface area contributed by atoms with Crippen molar-refractivity contribution in [1.29, 1.82) is 0 Å². The fourth-order valence-corrected chi connectivity index (χ4v) is 3.75. The molecular weight excluding hydrogens is 206 g/mol. The number of carbonyl (C=O) groups excluding carboxylic acids is 1. The first-order chi connectivity index (χ1) is 7.36. The second-order valence-corrected chi connectivity index (χ2v) is 5.30. The molecule has 0 saturated carbocycles. The lowest BCUT2D eigenvalue weighted by Gasteiger charge is -2.35. The minimum atomic E-state index is 0.193. The van der Waals surface area contributed by atoms with E-state index in [1.807, 2.05) is 23.9 Å². The lowest BCUT2D eigenvalue weighted by Crippen LogP contribution is -2.37. The molecule has 2 nitrogen and oxygen atoms in total. The summed E-state index contributed by atoms with van der Waals surface area (Å²) < 4.78 is 0. The van der Waals surface area contributed by atoms with Crippen LogP contribution in [0.15, 0.2) is 24.3 Å². The van der Waals surface area contributed by atoms with Gasteiger partial charge in [0.05, 0.1) is 5.92 Å². The number of nitrogens with one attached hydrogen (secondary N) is 1. The van der Waals surface area contributed by atoms with Crippen molar-refractivity contribution in [2.75, 3.05) is 16.8 Å². The number of carbonyl (C=O) groups is 1. The van der Waals surface area contributed by atoms with Crippen LogP contribution in [0.25, 0.3) is 0 Å². The van der Waals surface area contributed by atoms with Crippen LogP contribution in [-0.2, 0) is 4.79 Å². The minimum absolute atomic E-state index is 0.193. The van der Waals surface area contributed by atoms with E-state index in [1.54, 1.807) is 0 Å². The number of benzene rings is 1. The Hall–Kier alpha value is -0.960. The molecule has 2 aliphatic heterocycles. The molecule has 0 radical (unpaired) electrons. The molecule has 15 heavy (non-hydrogen) atoms. The van der Waals surface area contributed by atoms with Gasteiger partial charge in [0.1, 0.15) is 0 Å². The third-order valence-corrected chi connectivity index (χ3v) is 4.43. The van der Waals surface area contributed by atoms with Gasteiger partial charge in [-0.15, -0.1) is 0 Å². The van der Waals surface area contributed by atoms with E-state index in [4.69, 9.17) is 0 Å². The molecule has 0 aromatic heterocycles. The van der Waals surface area contributed by atoms with Gasteiger partial charge in [0.2, 0.25) is 5.91 Å². The van der Waals surface area contributed by atoms with Crippen LogP contribution in [0.4, 0.5) is 5.69 Å². The van der Waals surface area contributed by atoms with Crippen LogP contribution >= 0.6 is 11.8 Å². The zero-order valence-corrected chi connectivity index (χ0v) is 9.22. The van der Waals surface area contributed by atoms with Crippen LogP contribution < -0.4 is 5.32 Å². The van der Waals surface area contributed by atoms with E-state index >= 15 is 0 Å². The number of amides is 1. The summed E-state index contributed by atoms with van der Waals surface area (Å²) in [5, 5.41) is 3.01. The molecule has 2 aliphatic rings. The standard InChI is InChI=1S/C12H13NOS/c14-12-10-7-15-6-5-8(10)9-3-1-2-4-11(9)13-12/h1-4,8,10H,5-7H2,(H,13,14). The fourth-order valence-electron chi connectivity index (χ4n) is 2.53. The van der Waals surface area contributed by atoms with E-state index in [1.165, 1.54) is 11.3 Å². The Morgan fingerprint density at radius 2 is 2.13 bits per heavy atom. The molecule has 1 aromatic rings. The summed E-state index contributed by atoms with van der Waals surface area (Å²) in [7, 11) is 0. The molecule has 3 heteroatoms. The second kappa shape index (κ2) is 3.56. The van der Waals surface area contributed by atoms with E-state index < -0.39 is 0 Å². The van der Waals surface area contributed by atoms with Crippen molar-refractivity contribution in [3.05, 3.63) is 29.8 Å². The van der Waals surface area contributed by atoms with Crippen LogP contribution in [0.5, 0.6) is 0 Å². The zero-order chi connectivity index (χ0) is 10.3. The number of anilines is 1. The molecule has 78 valence electrons. The highest BCUT2D eigenvalue weighted by Crippen LogP contribution is 2.42. The Labute approximate surface area is 93.4 Å². The monoisotopic (exact) mass is 219 g/mol. The first-order valence-corrected chi connectivity index (χ1v) is 6.49. The quantitative estimate of drug-likeness (QED) is 0.726. The minimum Gasteiger partial charge on any atom is -0.326 e. The lowest BCUT2D eigenvalue weighted by atomic mass is 9.80. The highest BCUT2D eigenvalue weighted by atomic mass is 32.2. The SMILES string of the molecule is O=C1Nc2ccccc2C2CCSCC12. The average molecular weight is 219 g/mol. The number of rotatable bonds is 0. The number of hydrogen-bond donors (Lipinski definition) is 1. The summed E-state index contributed by atoms with van der Waals surface area (Å²) in [4.78, 5) is 11.9. The molecule has 0 aliphatic carbocycles. The zero-order valence-electron chi connectivity index (χ0n) is 8.40. The van der Waals surface area contributed by atoms with Crippen LogP contribution in [0.1, 0.15) is 17.9 Å². The summed E-state index contributed by atoms with van der Waals surface area (Å²) in [6, 6.07) is 8.21. The summed E-state index contributed by atoms with van der Waals surface area (Å²) in [5.74, 6) is 3.02. The van der Waals surface area contributed by atoms with Crippen molar-refractivity contribution in [3.8, 4) is 0 Å². The largest absolute Gasteiger partial charge is 0.326 e. The van der Waals surface area contributed by atoms with Crippen molar-refractivity contribution in [3.63, 3.8) is 0 Å². The summed E-state index contributed by atoms with van der Waals surface area (Å²) in [6.45, 7) is 0. The van der Waals surface area contributed by atoms with Crippen LogP contribution in [0.3, 0.4) is 0 Å². The summed E-state index contributed by atoms with van der Waals surface area (Å²) >= 11 is 1.90. The summed E-state index contributed by atoms with van der Waals surface area (Å²) in [5.41, 5.74) is 2.36. The van der Waals surface area contributed by atoms with Gasteiger partial charge in [-0.3, -0.25) is 4.79 Å². The van der Waals surface area contributed by atoms with Crippen LogP contribution in [0.2, 0.25) is 0 Å². The van der Waals surface area contributed by atoms with Crippen molar-refractivity contribution >= 4 is 23.4 Å². The second-order valence-electron chi connectivity index (χ2n) is 4.15. The van der Waals surface area contributed by atoms with Crippen molar-refractivity contribution in [2.45, 2.75) is 12.3 Å². The lowest BCUT2D eigenvalue weighted by molar-refractivity contribution is -0.120. The van der Waals surface area contributed by atoms with E-state index in [2.05, 4.69) is 17.4 Å². The highest BCUT2D eigenvalue weighted by Gasteiger charge is 2.37. The maximum atomic E-state index is 11.9. The fraction of sp³-hybridized carbons (Fsp3) is 0.417. The summed E-state index contributed by atoms with van der Waals surface area (Å²) in [6.07, 6.45) is 1.14. The van der Waals surface area contributed by atoms with E-state index in [9.17, 15) is 4.79 Å². The maximum absolute atomic E-state index is 11.9. The Morgan fingerprint density at radius 3 is 3.07 bits per heavy atom. The molecule has 1 fully saturated rings. The molecule has 2 heterocycles. The molecular formula is C12H13NOS. The Balaban J connectivity index is 2.06. The van der Waals surface area contributed by atoms with Crippen LogP contribution in [0, 0.1) is 5.92 Å². The van der Waals surface area contributed by atoms with E-state index in [0.717, 1.165) is 17.9 Å². The van der Waals surface area contributed by atoms with Gasteiger partial charge >= 0.3 is 0 Å². The van der Waals surface area contributed by atoms with E-state index in [-0.39, 0.29) is 11.8 Å². The molecule has 3 rings (SSSR count). The first kappa shape index (κ1) is 9.28. The normalized spacial score (nSPS) is 28.9. The van der Waals surface area contributed by atoms with Gasteiger partial charge in [-0.1, -0.05) is 18.2 Å². The number of fused-ring (bicyclic) bond motifs is 3. The van der Waals surface area contributed by atoms with Gasteiger partial charge < -0.3 is 5.32 Å². The number of hydrogen-bond acceptors (Lipinski definition) is 2. The Morgan fingerprint density at radius 1 is 1.27 bits per heavy atom. The van der Waals surface area contributed by atoms with Gasteiger partial charge in [-0.2, -0.15) is 11.8 Å². The molecule has 1 amide bonds. The van der Waals surface area contributed by atoms with Crippen LogP contribution in [-0.4, -0.2) is 17.4 Å². The predicted molar refractivity (Wildman–Crippen MR) is 63.2 cm³/mol. The van der Waals surface area contributed by atoms with Gasteiger partial charge in [0, 0.05) is 11.4 Å². The predicted octanol–water partition coefficient (Wildman–Crippen LogP) is 2.48. The van der Waals surface area contributed by atoms with Gasteiger partial charge in [0.15, 0.2) is 0 Å². The third-order valence-electron chi connectivity index (χ3n) is 3.31. The molecule has 2 atom stereocenters. The molecule has 2 unspecified atom stereocenters. The number of thioether (sulfide) groups is 1. The third kappa shape index (κ3) is 1.46. The Kier molecular flexibility index (Phi) is 2.20. The molecule has 0 bridgehead atoms. The highest BCUT2D eigenvalue weighted by molar-refractivity contribution is 7.99. The first-order valence-electron chi connectivity index (χ1n) is 5.34. The van der Waals surface area contributed by atoms with Crippen molar-refractivity contribution < 1.29 is 4.79 Å². The Bertz CT molecular complexity index is 404. The smallest absolute Gasteiger partial charge is 0.228 e. The maximum Gasteiger partial charge on any atom is 0.228 e. The number of para-hydroxylation sites is 1. The van der Waals surface area contributed by atoms with Crippen molar-refractivity contribution in [1.82, 2.24) is 0 Å². The molecule has 1 saturated heterocycles. The van der Waals surface area contributed by atoms with Gasteiger partial charge in [0.25, 0.3) is 0 Å². The molecule has 0 spiro atoms. The molecule has 1 aromatic carbocycles. The van der Waals surface area contributed by atoms with Gasteiger partial charge in [-0.25, -0.2) is 0 Å². The van der Waals surface area contributed by atoms with Crippen molar-refractivity contribution in [2.24, 2.45) is 5.92 Å².